The van der Waals surface area contributed by atoms with Crippen LogP contribution in [0.5, 0.6) is 0 Å². The van der Waals surface area contributed by atoms with Gasteiger partial charge in [0.2, 0.25) is 0 Å². The third kappa shape index (κ3) is 2.66. The SMILES string of the molecule is CCOC(=O)c1cc(Cl)cc(C#N)c1CCl. The zero-order valence-corrected chi connectivity index (χ0v) is 10.1. The number of carbonyl (C=O) groups excluding carboxylic acids is 1. The fraction of sp³-hybridized carbons (Fsp3) is 0.273. The van der Waals surface area contributed by atoms with Crippen molar-refractivity contribution < 1.29 is 9.53 Å². The van der Waals surface area contributed by atoms with Gasteiger partial charge < -0.3 is 4.74 Å². The maximum absolute atomic E-state index is 11.6. The number of benzene rings is 1. The molecule has 0 heterocycles. The monoisotopic (exact) mass is 257 g/mol. The van der Waals surface area contributed by atoms with Gasteiger partial charge in [0.25, 0.3) is 0 Å². The highest BCUT2D eigenvalue weighted by atomic mass is 35.5. The molecule has 0 N–H and O–H groups in total. The Morgan fingerprint density at radius 2 is 2.25 bits per heavy atom. The van der Waals surface area contributed by atoms with Crippen LogP contribution < -0.4 is 0 Å². The van der Waals surface area contributed by atoms with Gasteiger partial charge in [-0.2, -0.15) is 5.26 Å². The molecule has 0 saturated carbocycles. The molecule has 0 aliphatic carbocycles. The van der Waals surface area contributed by atoms with Gasteiger partial charge in [0.15, 0.2) is 0 Å². The number of ether oxygens (including phenoxy) is 1. The number of esters is 1. The molecule has 0 fully saturated rings. The van der Waals surface area contributed by atoms with E-state index in [0.717, 1.165) is 0 Å². The summed E-state index contributed by atoms with van der Waals surface area (Å²) in [5, 5.41) is 9.20. The predicted molar refractivity (Wildman–Crippen MR) is 61.7 cm³/mol. The molecule has 0 saturated heterocycles. The molecule has 0 aliphatic heterocycles. The molecule has 5 heteroatoms. The topological polar surface area (TPSA) is 50.1 Å². The van der Waals surface area contributed by atoms with Crippen molar-refractivity contribution in [2.24, 2.45) is 0 Å². The summed E-state index contributed by atoms with van der Waals surface area (Å²) < 4.78 is 4.86. The van der Waals surface area contributed by atoms with E-state index in [9.17, 15) is 4.79 Å². The first kappa shape index (κ1) is 12.8. The van der Waals surface area contributed by atoms with Crippen LogP contribution in [0.2, 0.25) is 5.02 Å². The minimum Gasteiger partial charge on any atom is -0.462 e. The highest BCUT2D eigenvalue weighted by molar-refractivity contribution is 6.31. The van der Waals surface area contributed by atoms with Crippen molar-refractivity contribution in [1.82, 2.24) is 0 Å². The van der Waals surface area contributed by atoms with E-state index in [1.165, 1.54) is 12.1 Å². The molecule has 0 radical (unpaired) electrons. The number of alkyl halides is 1. The van der Waals surface area contributed by atoms with E-state index in [-0.39, 0.29) is 18.1 Å². The lowest BCUT2D eigenvalue weighted by Gasteiger charge is -2.08. The Morgan fingerprint density at radius 1 is 1.56 bits per heavy atom. The second-order valence-corrected chi connectivity index (χ2v) is 3.65. The van der Waals surface area contributed by atoms with Gasteiger partial charge in [-0.15, -0.1) is 11.6 Å². The Bertz CT molecular complexity index is 452. The minimum absolute atomic E-state index is 0.0637. The lowest BCUT2D eigenvalue weighted by Crippen LogP contribution is -2.09. The maximum Gasteiger partial charge on any atom is 0.338 e. The highest BCUT2D eigenvalue weighted by Crippen LogP contribution is 2.23. The Labute approximate surface area is 104 Å². The molecule has 0 atom stereocenters. The van der Waals surface area contributed by atoms with Gasteiger partial charge in [0.1, 0.15) is 0 Å². The lowest BCUT2D eigenvalue weighted by atomic mass is 10.0. The Hall–Kier alpha value is -1.24. The van der Waals surface area contributed by atoms with Crippen molar-refractivity contribution in [3.63, 3.8) is 0 Å². The first-order valence-electron chi connectivity index (χ1n) is 4.59. The van der Waals surface area contributed by atoms with Crippen molar-refractivity contribution in [2.75, 3.05) is 6.61 Å². The molecule has 0 spiro atoms. The van der Waals surface area contributed by atoms with Crippen LogP contribution in [0, 0.1) is 11.3 Å². The Balaban J connectivity index is 3.32. The van der Waals surface area contributed by atoms with E-state index in [0.29, 0.717) is 16.1 Å². The zero-order chi connectivity index (χ0) is 12.1. The highest BCUT2D eigenvalue weighted by Gasteiger charge is 2.16. The van der Waals surface area contributed by atoms with Crippen molar-refractivity contribution >= 4 is 29.2 Å². The molecule has 0 aromatic heterocycles. The van der Waals surface area contributed by atoms with E-state index < -0.39 is 5.97 Å². The molecule has 3 nitrogen and oxygen atoms in total. The fourth-order valence-corrected chi connectivity index (χ4v) is 1.78. The summed E-state index contributed by atoms with van der Waals surface area (Å²) in [7, 11) is 0. The molecule has 0 amide bonds. The standard InChI is InChI=1S/C11H9Cl2NO2/c1-2-16-11(15)9-4-8(13)3-7(6-14)10(9)5-12/h3-4H,2,5H2,1H3. The van der Waals surface area contributed by atoms with Crippen LogP contribution >= 0.6 is 23.2 Å². The van der Waals surface area contributed by atoms with Crippen molar-refractivity contribution in [1.29, 1.82) is 5.26 Å². The van der Waals surface area contributed by atoms with E-state index in [2.05, 4.69) is 0 Å². The molecule has 1 rings (SSSR count). The van der Waals surface area contributed by atoms with Gasteiger partial charge in [0.05, 0.1) is 23.8 Å². The summed E-state index contributed by atoms with van der Waals surface area (Å²) in [6, 6.07) is 4.88. The van der Waals surface area contributed by atoms with Crippen LogP contribution in [0.4, 0.5) is 0 Å². The number of nitrogens with zero attached hydrogens (tertiary/aromatic N) is 1. The number of halogens is 2. The summed E-state index contributed by atoms with van der Waals surface area (Å²) in [6.45, 7) is 1.96. The quantitative estimate of drug-likeness (QED) is 0.618. The first-order valence-corrected chi connectivity index (χ1v) is 5.50. The van der Waals surface area contributed by atoms with E-state index in [1.54, 1.807) is 6.92 Å². The lowest BCUT2D eigenvalue weighted by molar-refractivity contribution is 0.0525. The van der Waals surface area contributed by atoms with Gasteiger partial charge in [-0.05, 0) is 24.6 Å². The van der Waals surface area contributed by atoms with Crippen LogP contribution in [-0.4, -0.2) is 12.6 Å². The third-order valence-corrected chi connectivity index (χ3v) is 2.45. The molecule has 16 heavy (non-hydrogen) atoms. The molecule has 0 unspecified atom stereocenters. The minimum atomic E-state index is -0.517. The van der Waals surface area contributed by atoms with Crippen LogP contribution in [0.1, 0.15) is 28.4 Å². The van der Waals surface area contributed by atoms with Crippen LogP contribution in [0.3, 0.4) is 0 Å². The van der Waals surface area contributed by atoms with E-state index in [4.69, 9.17) is 33.2 Å². The first-order chi connectivity index (χ1) is 7.63. The third-order valence-electron chi connectivity index (χ3n) is 1.96. The molecular weight excluding hydrogens is 249 g/mol. The fourth-order valence-electron chi connectivity index (χ4n) is 1.27. The molecule has 0 aliphatic rings. The summed E-state index contributed by atoms with van der Waals surface area (Å²) >= 11 is 11.5. The normalized spacial score (nSPS) is 9.62. The summed E-state index contributed by atoms with van der Waals surface area (Å²) in [6.07, 6.45) is 0. The average Bonchev–Trinajstić information content (AvgIpc) is 2.28. The van der Waals surface area contributed by atoms with Crippen LogP contribution in [0.25, 0.3) is 0 Å². The summed E-state index contributed by atoms with van der Waals surface area (Å²) in [5.74, 6) is -0.453. The van der Waals surface area contributed by atoms with Gasteiger partial charge >= 0.3 is 5.97 Å². The number of carbonyl (C=O) groups is 1. The number of hydrogen-bond acceptors (Lipinski definition) is 3. The van der Waals surface area contributed by atoms with E-state index in [1.807, 2.05) is 6.07 Å². The van der Waals surface area contributed by atoms with Crippen molar-refractivity contribution in [3.8, 4) is 6.07 Å². The molecule has 1 aromatic carbocycles. The number of nitriles is 1. The molecule has 0 bridgehead atoms. The number of rotatable bonds is 3. The second kappa shape index (κ2) is 5.74. The molecule has 84 valence electrons. The maximum atomic E-state index is 11.6. The Morgan fingerprint density at radius 3 is 2.75 bits per heavy atom. The van der Waals surface area contributed by atoms with Gasteiger partial charge in [-0.3, -0.25) is 0 Å². The smallest absolute Gasteiger partial charge is 0.338 e. The second-order valence-electron chi connectivity index (χ2n) is 2.95. The molecular formula is C11H9Cl2NO2. The van der Waals surface area contributed by atoms with Crippen molar-refractivity contribution in [3.05, 3.63) is 33.8 Å². The predicted octanol–water partition coefficient (Wildman–Crippen LogP) is 3.13. The zero-order valence-electron chi connectivity index (χ0n) is 8.59. The molecule has 1 aromatic rings. The summed E-state index contributed by atoms with van der Waals surface area (Å²) in [5.41, 5.74) is 0.999. The van der Waals surface area contributed by atoms with Gasteiger partial charge in [-0.1, -0.05) is 11.6 Å². The average molecular weight is 258 g/mol. The Kier molecular flexibility index (Phi) is 4.60. The van der Waals surface area contributed by atoms with Gasteiger partial charge in [0, 0.05) is 10.9 Å². The van der Waals surface area contributed by atoms with Crippen LogP contribution in [-0.2, 0) is 10.6 Å². The number of hydrogen-bond donors (Lipinski definition) is 0. The largest absolute Gasteiger partial charge is 0.462 e. The summed E-state index contributed by atoms with van der Waals surface area (Å²) in [4.78, 5) is 11.6. The van der Waals surface area contributed by atoms with Crippen molar-refractivity contribution in [2.45, 2.75) is 12.8 Å². The van der Waals surface area contributed by atoms with E-state index >= 15 is 0 Å². The van der Waals surface area contributed by atoms with Gasteiger partial charge in [-0.25, -0.2) is 4.79 Å². The van der Waals surface area contributed by atoms with Crippen LogP contribution in [0.15, 0.2) is 12.1 Å².